The molecular weight excluding hydrogens is 334 g/mol. The van der Waals surface area contributed by atoms with Crippen LogP contribution in [0.1, 0.15) is 16.7 Å². The van der Waals surface area contributed by atoms with E-state index in [-0.39, 0.29) is 5.63 Å². The highest BCUT2D eigenvalue weighted by atomic mass is 32.1. The summed E-state index contributed by atoms with van der Waals surface area (Å²) in [6.07, 6.45) is 2.24. The van der Waals surface area contributed by atoms with E-state index in [1.54, 1.807) is 12.3 Å². The molecule has 4 aromatic rings. The second-order valence-electron chi connectivity index (χ2n) is 5.71. The predicted octanol–water partition coefficient (Wildman–Crippen LogP) is 4.94. The van der Waals surface area contributed by atoms with Crippen LogP contribution in [0.5, 0.6) is 10.9 Å². The van der Waals surface area contributed by atoms with Crippen molar-refractivity contribution in [1.29, 1.82) is 0 Å². The molecule has 0 amide bonds. The molecule has 0 radical (unpaired) electrons. The SMILES string of the molecule is Cc1c(Cc2ccccc2)c(=O)oc2cc(Oc3nccs3)ccc12. The standard InChI is InChI=1S/C20H15NO3S/c1-13-16-8-7-15(23-20-21-9-10-25-20)12-18(16)24-19(22)17(13)11-14-5-3-2-4-6-14/h2-10,12H,11H2,1H3. The lowest BCUT2D eigenvalue weighted by atomic mass is 10.00. The normalized spacial score (nSPS) is 10.9. The van der Waals surface area contributed by atoms with Gasteiger partial charge in [-0.15, -0.1) is 0 Å². The third kappa shape index (κ3) is 3.19. The van der Waals surface area contributed by atoms with E-state index >= 15 is 0 Å². The van der Waals surface area contributed by atoms with Gasteiger partial charge >= 0.3 is 5.63 Å². The van der Waals surface area contributed by atoms with Crippen LogP contribution in [-0.2, 0) is 6.42 Å². The molecule has 0 saturated heterocycles. The first-order valence-electron chi connectivity index (χ1n) is 7.88. The fourth-order valence-corrected chi connectivity index (χ4v) is 3.31. The fourth-order valence-electron chi connectivity index (χ4n) is 2.80. The van der Waals surface area contributed by atoms with Crippen molar-refractivity contribution >= 4 is 22.3 Å². The van der Waals surface area contributed by atoms with Gasteiger partial charge in [0.1, 0.15) is 11.3 Å². The summed E-state index contributed by atoms with van der Waals surface area (Å²) in [6.45, 7) is 1.96. The Bertz CT molecular complexity index is 1070. The topological polar surface area (TPSA) is 52.3 Å². The molecule has 0 atom stereocenters. The van der Waals surface area contributed by atoms with E-state index in [1.165, 1.54) is 11.3 Å². The monoisotopic (exact) mass is 349 g/mol. The first kappa shape index (κ1) is 15.6. The predicted molar refractivity (Wildman–Crippen MR) is 98.7 cm³/mol. The van der Waals surface area contributed by atoms with Gasteiger partial charge in [-0.1, -0.05) is 41.7 Å². The Morgan fingerprint density at radius 3 is 2.76 bits per heavy atom. The van der Waals surface area contributed by atoms with Gasteiger partial charge in [0.25, 0.3) is 5.19 Å². The molecule has 0 spiro atoms. The molecule has 0 N–H and O–H groups in total. The molecule has 0 aliphatic heterocycles. The molecule has 0 aliphatic rings. The number of benzene rings is 2. The average molecular weight is 349 g/mol. The molecule has 4 nitrogen and oxygen atoms in total. The summed E-state index contributed by atoms with van der Waals surface area (Å²) in [5.74, 6) is 0.598. The van der Waals surface area contributed by atoms with Crippen molar-refractivity contribution in [2.45, 2.75) is 13.3 Å². The lowest BCUT2D eigenvalue weighted by Crippen LogP contribution is -2.10. The van der Waals surface area contributed by atoms with Gasteiger partial charge < -0.3 is 9.15 Å². The minimum Gasteiger partial charge on any atom is -0.431 e. The lowest BCUT2D eigenvalue weighted by Gasteiger charge is -2.09. The Kier molecular flexibility index (Phi) is 4.07. The Balaban J connectivity index is 1.74. The maximum absolute atomic E-state index is 12.5. The molecule has 2 aromatic carbocycles. The zero-order valence-corrected chi connectivity index (χ0v) is 14.4. The number of aryl methyl sites for hydroxylation is 1. The van der Waals surface area contributed by atoms with Crippen LogP contribution in [0.3, 0.4) is 0 Å². The number of aromatic nitrogens is 1. The maximum Gasteiger partial charge on any atom is 0.340 e. The Morgan fingerprint density at radius 1 is 1.16 bits per heavy atom. The van der Waals surface area contributed by atoms with E-state index in [0.29, 0.717) is 28.5 Å². The third-order valence-electron chi connectivity index (χ3n) is 4.10. The molecule has 25 heavy (non-hydrogen) atoms. The number of hydrogen-bond donors (Lipinski definition) is 0. The Labute approximate surface area is 148 Å². The van der Waals surface area contributed by atoms with Gasteiger partial charge in [0.05, 0.1) is 0 Å². The van der Waals surface area contributed by atoms with Crippen molar-refractivity contribution in [3.8, 4) is 10.9 Å². The minimum atomic E-state index is -0.305. The van der Waals surface area contributed by atoms with E-state index in [2.05, 4.69) is 4.98 Å². The van der Waals surface area contributed by atoms with Crippen molar-refractivity contribution in [2.75, 3.05) is 0 Å². The summed E-state index contributed by atoms with van der Waals surface area (Å²) < 4.78 is 11.2. The van der Waals surface area contributed by atoms with Crippen molar-refractivity contribution < 1.29 is 9.15 Å². The molecule has 0 unspecified atom stereocenters. The highest BCUT2D eigenvalue weighted by molar-refractivity contribution is 7.11. The van der Waals surface area contributed by atoms with Gasteiger partial charge in [0.15, 0.2) is 0 Å². The zero-order valence-electron chi connectivity index (χ0n) is 13.6. The molecule has 0 fully saturated rings. The van der Waals surface area contributed by atoms with Crippen LogP contribution in [-0.4, -0.2) is 4.98 Å². The van der Waals surface area contributed by atoms with Crippen molar-refractivity contribution in [3.05, 3.63) is 87.2 Å². The molecule has 124 valence electrons. The van der Waals surface area contributed by atoms with E-state index in [0.717, 1.165) is 16.5 Å². The summed E-state index contributed by atoms with van der Waals surface area (Å²) in [6, 6.07) is 15.4. The number of thiazole rings is 1. The van der Waals surface area contributed by atoms with Crippen LogP contribution in [0.2, 0.25) is 0 Å². The first-order chi connectivity index (χ1) is 12.2. The first-order valence-corrected chi connectivity index (χ1v) is 8.76. The molecule has 5 heteroatoms. The third-order valence-corrected chi connectivity index (χ3v) is 4.75. The van der Waals surface area contributed by atoms with E-state index in [4.69, 9.17) is 9.15 Å². The molecule has 4 rings (SSSR count). The Morgan fingerprint density at radius 2 is 2.00 bits per heavy atom. The number of ether oxygens (including phenoxy) is 1. The number of nitrogens with zero attached hydrogens (tertiary/aromatic N) is 1. The summed E-state index contributed by atoms with van der Waals surface area (Å²) in [5, 5.41) is 3.31. The van der Waals surface area contributed by atoms with Crippen LogP contribution in [0.25, 0.3) is 11.0 Å². The smallest absolute Gasteiger partial charge is 0.340 e. The second kappa shape index (κ2) is 6.53. The lowest BCUT2D eigenvalue weighted by molar-refractivity contribution is 0.476. The van der Waals surface area contributed by atoms with E-state index < -0.39 is 0 Å². The average Bonchev–Trinajstić information content (AvgIpc) is 3.12. The minimum absolute atomic E-state index is 0.305. The van der Waals surface area contributed by atoms with Crippen LogP contribution >= 0.6 is 11.3 Å². The molecular formula is C20H15NO3S. The molecule has 2 heterocycles. The summed E-state index contributed by atoms with van der Waals surface area (Å²) in [7, 11) is 0. The molecule has 2 aromatic heterocycles. The van der Waals surface area contributed by atoms with Gasteiger partial charge in [0, 0.05) is 35.0 Å². The maximum atomic E-state index is 12.5. The summed E-state index contributed by atoms with van der Waals surface area (Å²) >= 11 is 1.41. The quantitative estimate of drug-likeness (QED) is 0.490. The number of rotatable bonds is 4. The molecule has 0 aliphatic carbocycles. The van der Waals surface area contributed by atoms with Crippen molar-refractivity contribution in [2.24, 2.45) is 0 Å². The zero-order chi connectivity index (χ0) is 17.2. The highest BCUT2D eigenvalue weighted by Crippen LogP contribution is 2.28. The van der Waals surface area contributed by atoms with Gasteiger partial charge in [0.2, 0.25) is 0 Å². The largest absolute Gasteiger partial charge is 0.431 e. The van der Waals surface area contributed by atoms with Gasteiger partial charge in [-0.05, 0) is 30.2 Å². The fraction of sp³-hybridized carbons (Fsp3) is 0.100. The Hall–Kier alpha value is -2.92. The van der Waals surface area contributed by atoms with Crippen LogP contribution < -0.4 is 10.4 Å². The number of hydrogen-bond acceptors (Lipinski definition) is 5. The number of fused-ring (bicyclic) bond motifs is 1. The van der Waals surface area contributed by atoms with Crippen LogP contribution in [0, 0.1) is 6.92 Å². The highest BCUT2D eigenvalue weighted by Gasteiger charge is 2.13. The van der Waals surface area contributed by atoms with Gasteiger partial charge in [-0.3, -0.25) is 0 Å². The summed E-state index contributed by atoms with van der Waals surface area (Å²) in [5.41, 5.74) is 2.93. The van der Waals surface area contributed by atoms with Gasteiger partial charge in [-0.2, -0.15) is 0 Å². The van der Waals surface area contributed by atoms with Crippen molar-refractivity contribution in [1.82, 2.24) is 4.98 Å². The molecule has 0 saturated carbocycles. The second-order valence-corrected chi connectivity index (χ2v) is 6.57. The van der Waals surface area contributed by atoms with Crippen LogP contribution in [0.15, 0.2) is 69.3 Å². The van der Waals surface area contributed by atoms with E-state index in [9.17, 15) is 4.79 Å². The van der Waals surface area contributed by atoms with Crippen molar-refractivity contribution in [3.63, 3.8) is 0 Å². The van der Waals surface area contributed by atoms with E-state index in [1.807, 2.05) is 54.8 Å². The molecule has 0 bridgehead atoms. The van der Waals surface area contributed by atoms with Gasteiger partial charge in [-0.25, -0.2) is 9.78 Å². The summed E-state index contributed by atoms with van der Waals surface area (Å²) in [4.78, 5) is 16.6. The van der Waals surface area contributed by atoms with Crippen LogP contribution in [0.4, 0.5) is 0 Å².